The summed E-state index contributed by atoms with van der Waals surface area (Å²) in [6, 6.07) is 4.53. The quantitative estimate of drug-likeness (QED) is 0.452. The number of anilines is 1. The number of aliphatic imine (C=N–C) groups is 1. The van der Waals surface area contributed by atoms with Gasteiger partial charge < -0.3 is 15.0 Å². The van der Waals surface area contributed by atoms with E-state index < -0.39 is 11.6 Å². The molecule has 1 amide bonds. The number of nitrogens with one attached hydrogen (secondary N) is 1. The third-order valence-electron chi connectivity index (χ3n) is 8.58. The van der Waals surface area contributed by atoms with Gasteiger partial charge in [-0.05, 0) is 63.4 Å². The Morgan fingerprint density at radius 2 is 1.98 bits per heavy atom. The highest BCUT2D eigenvalue weighted by Crippen LogP contribution is 2.39. The van der Waals surface area contributed by atoms with Gasteiger partial charge in [-0.1, -0.05) is 18.7 Å². The molecular weight excluding hydrogens is 540 g/mol. The zero-order chi connectivity index (χ0) is 29.3. The molecule has 0 saturated carbocycles. The molecule has 0 spiro atoms. The van der Waals surface area contributed by atoms with E-state index in [0.29, 0.717) is 49.1 Å². The first-order chi connectivity index (χ1) is 20.4. The van der Waals surface area contributed by atoms with Crippen molar-refractivity contribution in [1.29, 1.82) is 0 Å². The van der Waals surface area contributed by atoms with Crippen LogP contribution in [0.25, 0.3) is 23.2 Å². The number of halogens is 2. The number of hydrogen-bond acceptors (Lipinski definition) is 8. The van der Waals surface area contributed by atoms with E-state index in [2.05, 4.69) is 31.8 Å². The first-order valence-electron chi connectivity index (χ1n) is 14.6. The molecule has 3 aliphatic heterocycles. The average molecular weight is 576 g/mol. The van der Waals surface area contributed by atoms with E-state index in [1.165, 1.54) is 18.5 Å². The van der Waals surface area contributed by atoms with Gasteiger partial charge in [0.05, 0.1) is 10.9 Å². The number of carbonyl (C=O) groups excluding carboxylic acids is 1. The summed E-state index contributed by atoms with van der Waals surface area (Å²) in [5.41, 5.74) is -0.165. The van der Waals surface area contributed by atoms with Gasteiger partial charge in [-0.3, -0.25) is 19.7 Å². The zero-order valence-corrected chi connectivity index (χ0v) is 23.8. The van der Waals surface area contributed by atoms with E-state index >= 15 is 8.78 Å². The third-order valence-corrected chi connectivity index (χ3v) is 8.58. The fourth-order valence-electron chi connectivity index (χ4n) is 6.51. The van der Waals surface area contributed by atoms with E-state index in [1.54, 1.807) is 19.1 Å². The number of amides is 1. The van der Waals surface area contributed by atoms with Crippen LogP contribution in [0.1, 0.15) is 51.1 Å². The molecule has 0 radical (unpaired) electrons. The summed E-state index contributed by atoms with van der Waals surface area (Å²) >= 11 is 0. The van der Waals surface area contributed by atoms with Crippen LogP contribution < -0.4 is 25.4 Å². The van der Waals surface area contributed by atoms with Gasteiger partial charge in [0, 0.05) is 43.7 Å². The number of rotatable bonds is 6. The summed E-state index contributed by atoms with van der Waals surface area (Å²) in [5.74, 6) is -0.921. The van der Waals surface area contributed by atoms with E-state index in [1.807, 2.05) is 4.90 Å². The molecule has 3 aliphatic rings. The number of carbonyl (C=O) groups is 1. The molecular formula is C31H35F2N7O2. The second kappa shape index (κ2) is 11.7. The van der Waals surface area contributed by atoms with Crippen LogP contribution in [0, 0.1) is 11.6 Å². The third kappa shape index (κ3) is 5.21. The number of hydrogen-bond donors (Lipinski definition) is 1. The molecule has 2 aromatic heterocycles. The van der Waals surface area contributed by atoms with E-state index in [4.69, 9.17) is 9.72 Å². The van der Waals surface area contributed by atoms with Crippen LogP contribution in [0.5, 0.6) is 6.01 Å². The van der Waals surface area contributed by atoms with Gasteiger partial charge in [0.15, 0.2) is 5.82 Å². The first kappa shape index (κ1) is 28.1. The normalized spacial score (nSPS) is 20.0. The Morgan fingerprint density at radius 1 is 1.17 bits per heavy atom. The smallest absolute Gasteiger partial charge is 0.319 e. The van der Waals surface area contributed by atoms with Crippen molar-refractivity contribution in [3.8, 4) is 6.01 Å². The highest BCUT2D eigenvalue weighted by molar-refractivity contribution is 5.92. The van der Waals surface area contributed by atoms with Crippen LogP contribution >= 0.6 is 0 Å². The van der Waals surface area contributed by atoms with Gasteiger partial charge in [-0.15, -0.1) is 0 Å². The van der Waals surface area contributed by atoms with Crippen LogP contribution in [-0.2, 0) is 4.79 Å². The molecule has 3 saturated heterocycles. The van der Waals surface area contributed by atoms with Crippen molar-refractivity contribution < 1.29 is 18.3 Å². The highest BCUT2D eigenvalue weighted by Gasteiger charge is 2.45. The minimum absolute atomic E-state index is 0.00413. The topological polar surface area (TPSA) is 95.8 Å². The molecule has 9 nitrogen and oxygen atoms in total. The predicted molar refractivity (Wildman–Crippen MR) is 158 cm³/mol. The molecule has 220 valence electrons. The van der Waals surface area contributed by atoms with Gasteiger partial charge in [-0.25, -0.2) is 8.78 Å². The Labute approximate surface area is 243 Å². The van der Waals surface area contributed by atoms with Gasteiger partial charge >= 0.3 is 6.01 Å². The van der Waals surface area contributed by atoms with Gasteiger partial charge in [0.1, 0.15) is 35.1 Å². The number of aromatic nitrogens is 3. The molecule has 11 heteroatoms. The summed E-state index contributed by atoms with van der Waals surface area (Å²) in [6.45, 7) is 9.65. The maximum Gasteiger partial charge on any atom is 0.319 e. The summed E-state index contributed by atoms with van der Waals surface area (Å²) in [4.78, 5) is 34.7. The van der Waals surface area contributed by atoms with Crippen molar-refractivity contribution in [3.63, 3.8) is 0 Å². The average Bonchev–Trinajstić information content (AvgIpc) is 3.55. The summed E-state index contributed by atoms with van der Waals surface area (Å²) in [7, 11) is 0. The first-order valence-corrected chi connectivity index (χ1v) is 14.6. The van der Waals surface area contributed by atoms with Gasteiger partial charge in [0.25, 0.3) is 0 Å². The van der Waals surface area contributed by atoms with E-state index in [-0.39, 0.29) is 46.0 Å². The van der Waals surface area contributed by atoms with Crippen LogP contribution in [0.2, 0.25) is 0 Å². The van der Waals surface area contributed by atoms with Crippen molar-refractivity contribution in [2.45, 2.75) is 51.0 Å². The Hall–Kier alpha value is -3.99. The molecule has 6 rings (SSSR count). The van der Waals surface area contributed by atoms with Crippen molar-refractivity contribution >= 4 is 41.1 Å². The van der Waals surface area contributed by atoms with Gasteiger partial charge in [0.2, 0.25) is 5.91 Å². The lowest BCUT2D eigenvalue weighted by Gasteiger charge is -2.31. The van der Waals surface area contributed by atoms with Gasteiger partial charge in [-0.2, -0.15) is 9.97 Å². The summed E-state index contributed by atoms with van der Waals surface area (Å²) < 4.78 is 37.8. The molecule has 42 heavy (non-hydrogen) atoms. The maximum absolute atomic E-state index is 16.5. The molecule has 1 aromatic carbocycles. The monoisotopic (exact) mass is 575 g/mol. The highest BCUT2D eigenvalue weighted by atomic mass is 19.1. The zero-order valence-electron chi connectivity index (χ0n) is 23.8. The standard InChI is InChI=1S/C31H35F2N7O2/c1-3-34-27(24-20(2)8-4-9-22(24)32)28-25(33)26-21(18-36-28)29(39-14-7-13-35-23(41)10-17-39)38-30(37-26)42-19-31-11-5-15-40(31)16-6-12-31/h3-4,8-9,18H,2,5-7,10-17,19H2,1H3,(H,35,41)/b27-24+,34-3-. The largest absolute Gasteiger partial charge is 0.461 e. The molecule has 0 aliphatic carbocycles. The molecule has 3 fully saturated rings. The Kier molecular flexibility index (Phi) is 7.85. The van der Waals surface area contributed by atoms with Crippen LogP contribution in [0.4, 0.5) is 14.6 Å². The number of nitrogens with zero attached hydrogens (tertiary/aromatic N) is 6. The predicted octanol–water partition coefficient (Wildman–Crippen LogP) is 2.68. The summed E-state index contributed by atoms with van der Waals surface area (Å²) in [6.07, 6.45) is 8.25. The molecule has 0 atom stereocenters. The second-order valence-electron chi connectivity index (χ2n) is 11.2. The maximum atomic E-state index is 16.5. The second-order valence-corrected chi connectivity index (χ2v) is 11.2. The lowest BCUT2D eigenvalue weighted by atomic mass is 9.95. The van der Waals surface area contributed by atoms with Crippen molar-refractivity contribution in [1.82, 2.24) is 25.2 Å². The van der Waals surface area contributed by atoms with Crippen LogP contribution in [0.15, 0.2) is 29.4 Å². The molecule has 5 heterocycles. The molecule has 0 unspecified atom stereocenters. The van der Waals surface area contributed by atoms with Crippen LogP contribution in [-0.4, -0.2) is 76.8 Å². The van der Waals surface area contributed by atoms with Crippen molar-refractivity contribution in [2.24, 2.45) is 4.99 Å². The minimum Gasteiger partial charge on any atom is -0.461 e. The number of pyridine rings is 1. The lowest BCUT2D eigenvalue weighted by molar-refractivity contribution is -0.121. The lowest BCUT2D eigenvalue weighted by Crippen LogP contribution is -2.43. The fraction of sp³-hybridized carbons (Fsp3) is 0.452. The SMILES string of the molecule is C=c1cccc(F)/c1=C(/N=C\C)c1ncc2c(N3CCCNC(=O)CC3)nc(OCC34CCCN3CCC4)nc2c1F. The molecule has 1 N–H and O–H groups in total. The number of ether oxygens (including phenoxy) is 1. The molecule has 3 aromatic rings. The van der Waals surface area contributed by atoms with Crippen LogP contribution in [0.3, 0.4) is 0 Å². The summed E-state index contributed by atoms with van der Waals surface area (Å²) in [5, 5.41) is 3.71. The Morgan fingerprint density at radius 3 is 2.74 bits per heavy atom. The van der Waals surface area contributed by atoms with E-state index in [9.17, 15) is 4.79 Å². The Bertz CT molecular complexity index is 1650. The fourth-order valence-corrected chi connectivity index (χ4v) is 6.51. The Balaban J connectivity index is 1.50. The van der Waals surface area contributed by atoms with Crippen molar-refractivity contribution in [2.75, 3.05) is 44.2 Å². The minimum atomic E-state index is -0.754. The molecule has 0 bridgehead atoms. The van der Waals surface area contributed by atoms with Crippen molar-refractivity contribution in [3.05, 3.63) is 52.2 Å². The number of fused-ring (bicyclic) bond motifs is 2. The number of benzene rings is 1. The van der Waals surface area contributed by atoms with E-state index in [0.717, 1.165) is 38.8 Å².